The van der Waals surface area contributed by atoms with Crippen molar-refractivity contribution in [1.82, 2.24) is 5.32 Å². The Kier molecular flexibility index (Phi) is 4.27. The lowest BCUT2D eigenvalue weighted by Crippen LogP contribution is -2.37. The SMILES string of the molecule is C[C@H](NC(=O)c1cc(N)cc(Br)c1)C1CCCC1. The molecule has 1 aliphatic carbocycles. The molecule has 1 aromatic rings. The second kappa shape index (κ2) is 5.74. The minimum Gasteiger partial charge on any atom is -0.399 e. The van der Waals surface area contributed by atoms with Gasteiger partial charge in [-0.25, -0.2) is 0 Å². The van der Waals surface area contributed by atoms with Gasteiger partial charge in [-0.05, 0) is 43.9 Å². The van der Waals surface area contributed by atoms with E-state index in [4.69, 9.17) is 5.73 Å². The number of carbonyl (C=O) groups excluding carboxylic acids is 1. The topological polar surface area (TPSA) is 55.1 Å². The van der Waals surface area contributed by atoms with Crippen LogP contribution in [0.1, 0.15) is 43.0 Å². The Bertz CT molecular complexity index is 421. The molecular formula is C14H19BrN2O. The summed E-state index contributed by atoms with van der Waals surface area (Å²) in [4.78, 5) is 12.1. The number of amides is 1. The van der Waals surface area contributed by atoms with Gasteiger partial charge in [0.2, 0.25) is 0 Å². The van der Waals surface area contributed by atoms with E-state index >= 15 is 0 Å². The summed E-state index contributed by atoms with van der Waals surface area (Å²) >= 11 is 3.35. The number of halogens is 1. The molecule has 1 aliphatic rings. The minimum atomic E-state index is -0.0394. The van der Waals surface area contributed by atoms with Gasteiger partial charge >= 0.3 is 0 Å². The number of nitrogen functional groups attached to an aromatic ring is 1. The van der Waals surface area contributed by atoms with E-state index in [1.165, 1.54) is 25.7 Å². The van der Waals surface area contributed by atoms with Crippen molar-refractivity contribution in [3.05, 3.63) is 28.2 Å². The first kappa shape index (κ1) is 13.4. The third kappa shape index (κ3) is 3.25. The van der Waals surface area contributed by atoms with Crippen LogP contribution in [0.3, 0.4) is 0 Å². The molecule has 1 atom stereocenters. The van der Waals surface area contributed by atoms with E-state index in [0.29, 0.717) is 17.2 Å². The number of hydrogen-bond donors (Lipinski definition) is 2. The van der Waals surface area contributed by atoms with E-state index in [-0.39, 0.29) is 11.9 Å². The fraction of sp³-hybridized carbons (Fsp3) is 0.500. The summed E-state index contributed by atoms with van der Waals surface area (Å²) in [6.45, 7) is 2.09. The highest BCUT2D eigenvalue weighted by atomic mass is 79.9. The molecule has 0 aliphatic heterocycles. The lowest BCUT2D eigenvalue weighted by Gasteiger charge is -2.20. The summed E-state index contributed by atoms with van der Waals surface area (Å²) in [5.74, 6) is 0.584. The zero-order valence-corrected chi connectivity index (χ0v) is 12.2. The summed E-state index contributed by atoms with van der Waals surface area (Å²) in [7, 11) is 0. The molecule has 1 saturated carbocycles. The Morgan fingerprint density at radius 2 is 2.06 bits per heavy atom. The van der Waals surface area contributed by atoms with Crippen LogP contribution in [0.2, 0.25) is 0 Å². The molecule has 4 heteroatoms. The Hall–Kier alpha value is -1.03. The Morgan fingerprint density at radius 3 is 2.67 bits per heavy atom. The molecule has 1 amide bonds. The molecule has 3 nitrogen and oxygen atoms in total. The van der Waals surface area contributed by atoms with Crippen molar-refractivity contribution in [3.63, 3.8) is 0 Å². The molecule has 0 unspecified atom stereocenters. The number of nitrogens with one attached hydrogen (secondary N) is 1. The number of hydrogen-bond acceptors (Lipinski definition) is 2. The molecule has 18 heavy (non-hydrogen) atoms. The fourth-order valence-corrected chi connectivity index (χ4v) is 3.12. The Balaban J connectivity index is 2.02. The summed E-state index contributed by atoms with van der Waals surface area (Å²) in [5, 5.41) is 3.08. The normalized spacial score (nSPS) is 17.7. The highest BCUT2D eigenvalue weighted by Gasteiger charge is 2.23. The van der Waals surface area contributed by atoms with E-state index in [1.807, 2.05) is 0 Å². The first-order valence-electron chi connectivity index (χ1n) is 6.43. The van der Waals surface area contributed by atoms with Crippen LogP contribution in [0.4, 0.5) is 5.69 Å². The largest absolute Gasteiger partial charge is 0.399 e. The highest BCUT2D eigenvalue weighted by molar-refractivity contribution is 9.10. The number of rotatable bonds is 3. The predicted molar refractivity (Wildman–Crippen MR) is 77.4 cm³/mol. The number of anilines is 1. The first-order chi connectivity index (χ1) is 8.56. The molecule has 0 bridgehead atoms. The van der Waals surface area contributed by atoms with Crippen molar-refractivity contribution >= 4 is 27.5 Å². The Morgan fingerprint density at radius 1 is 1.39 bits per heavy atom. The van der Waals surface area contributed by atoms with Gasteiger partial charge in [0.1, 0.15) is 0 Å². The van der Waals surface area contributed by atoms with Crippen LogP contribution in [-0.4, -0.2) is 11.9 Å². The van der Waals surface area contributed by atoms with Crippen LogP contribution < -0.4 is 11.1 Å². The highest BCUT2D eigenvalue weighted by Crippen LogP contribution is 2.27. The van der Waals surface area contributed by atoms with E-state index in [0.717, 1.165) is 4.47 Å². The lowest BCUT2D eigenvalue weighted by molar-refractivity contribution is 0.0927. The van der Waals surface area contributed by atoms with Crippen molar-refractivity contribution in [3.8, 4) is 0 Å². The average molecular weight is 311 g/mol. The van der Waals surface area contributed by atoms with Gasteiger partial charge in [-0.1, -0.05) is 28.8 Å². The van der Waals surface area contributed by atoms with Gasteiger partial charge in [-0.15, -0.1) is 0 Å². The number of carbonyl (C=O) groups is 1. The molecule has 1 fully saturated rings. The van der Waals surface area contributed by atoms with Crippen molar-refractivity contribution in [2.24, 2.45) is 5.92 Å². The van der Waals surface area contributed by atoms with Gasteiger partial charge in [-0.2, -0.15) is 0 Å². The van der Waals surface area contributed by atoms with E-state index in [9.17, 15) is 4.79 Å². The van der Waals surface area contributed by atoms with E-state index in [2.05, 4.69) is 28.2 Å². The van der Waals surface area contributed by atoms with Crippen LogP contribution in [0.15, 0.2) is 22.7 Å². The maximum absolute atomic E-state index is 12.1. The molecule has 0 saturated heterocycles. The average Bonchev–Trinajstić information content (AvgIpc) is 2.80. The van der Waals surface area contributed by atoms with Gasteiger partial charge in [0.05, 0.1) is 0 Å². The summed E-state index contributed by atoms with van der Waals surface area (Å²) in [6.07, 6.45) is 5.02. The van der Waals surface area contributed by atoms with Crippen LogP contribution in [-0.2, 0) is 0 Å². The predicted octanol–water partition coefficient (Wildman–Crippen LogP) is 3.34. The molecule has 3 N–H and O–H groups in total. The van der Waals surface area contributed by atoms with Gasteiger partial charge in [0.25, 0.3) is 5.91 Å². The fourth-order valence-electron chi connectivity index (χ4n) is 2.61. The summed E-state index contributed by atoms with van der Waals surface area (Å²) < 4.78 is 0.834. The minimum absolute atomic E-state index is 0.0394. The second-order valence-electron chi connectivity index (χ2n) is 5.08. The van der Waals surface area contributed by atoms with Crippen LogP contribution in [0.5, 0.6) is 0 Å². The lowest BCUT2D eigenvalue weighted by atomic mass is 9.99. The smallest absolute Gasteiger partial charge is 0.251 e. The molecule has 0 heterocycles. The third-order valence-corrected chi connectivity index (χ3v) is 4.11. The molecule has 0 spiro atoms. The third-order valence-electron chi connectivity index (χ3n) is 3.65. The van der Waals surface area contributed by atoms with E-state index < -0.39 is 0 Å². The monoisotopic (exact) mass is 310 g/mol. The number of benzene rings is 1. The van der Waals surface area contributed by atoms with Crippen molar-refractivity contribution in [2.75, 3.05) is 5.73 Å². The van der Waals surface area contributed by atoms with Crippen LogP contribution >= 0.6 is 15.9 Å². The maximum Gasteiger partial charge on any atom is 0.251 e. The zero-order valence-electron chi connectivity index (χ0n) is 10.6. The summed E-state index contributed by atoms with van der Waals surface area (Å²) in [5.41, 5.74) is 6.96. The standard InChI is InChI=1S/C14H19BrN2O/c1-9(10-4-2-3-5-10)17-14(18)11-6-12(15)8-13(16)7-11/h6-10H,2-5,16H2,1H3,(H,17,18)/t9-/m0/s1. The molecule has 0 radical (unpaired) electrons. The van der Waals surface area contributed by atoms with E-state index in [1.54, 1.807) is 18.2 Å². The summed E-state index contributed by atoms with van der Waals surface area (Å²) in [6, 6.07) is 5.53. The first-order valence-corrected chi connectivity index (χ1v) is 7.22. The van der Waals surface area contributed by atoms with Gasteiger partial charge < -0.3 is 11.1 Å². The van der Waals surface area contributed by atoms with Gasteiger partial charge in [0.15, 0.2) is 0 Å². The molecule has 98 valence electrons. The van der Waals surface area contributed by atoms with Crippen LogP contribution in [0, 0.1) is 5.92 Å². The van der Waals surface area contributed by atoms with Gasteiger partial charge in [-0.3, -0.25) is 4.79 Å². The quantitative estimate of drug-likeness (QED) is 0.841. The van der Waals surface area contributed by atoms with Crippen molar-refractivity contribution in [1.29, 1.82) is 0 Å². The molecule has 0 aromatic heterocycles. The zero-order chi connectivity index (χ0) is 13.1. The molecule has 1 aromatic carbocycles. The second-order valence-corrected chi connectivity index (χ2v) is 6.00. The Labute approximate surface area is 116 Å². The molecular weight excluding hydrogens is 292 g/mol. The van der Waals surface area contributed by atoms with Gasteiger partial charge in [0, 0.05) is 21.8 Å². The molecule has 2 rings (SSSR count). The van der Waals surface area contributed by atoms with Crippen molar-refractivity contribution < 1.29 is 4.79 Å². The number of nitrogens with two attached hydrogens (primary N) is 1. The van der Waals surface area contributed by atoms with Crippen LogP contribution in [0.25, 0.3) is 0 Å². The maximum atomic E-state index is 12.1. The van der Waals surface area contributed by atoms with Crippen molar-refractivity contribution in [2.45, 2.75) is 38.6 Å².